The summed E-state index contributed by atoms with van der Waals surface area (Å²) in [5.74, 6) is 2.12. The molecule has 8 heteroatoms. The van der Waals surface area contributed by atoms with Crippen molar-refractivity contribution >= 4 is 21.4 Å². The van der Waals surface area contributed by atoms with Gasteiger partial charge in [-0.05, 0) is 17.7 Å². The zero-order valence-corrected chi connectivity index (χ0v) is 11.8. The van der Waals surface area contributed by atoms with E-state index in [0.29, 0.717) is 28.0 Å². The highest BCUT2D eigenvalue weighted by atomic mass is 32.1. The van der Waals surface area contributed by atoms with Crippen LogP contribution in [0.1, 0.15) is 11.4 Å². The van der Waals surface area contributed by atoms with E-state index in [9.17, 15) is 0 Å². The molecule has 3 rings (SSSR count). The van der Waals surface area contributed by atoms with E-state index in [-0.39, 0.29) is 0 Å². The molecule has 1 aromatic carbocycles. The molecule has 2 heterocycles. The van der Waals surface area contributed by atoms with Gasteiger partial charge in [-0.3, -0.25) is 0 Å². The van der Waals surface area contributed by atoms with Crippen molar-refractivity contribution in [3.63, 3.8) is 0 Å². The number of fused-ring (bicyclic) bond motifs is 1. The molecule has 0 aliphatic heterocycles. The zero-order valence-electron chi connectivity index (χ0n) is 11.0. The first kappa shape index (κ1) is 12.7. The predicted octanol–water partition coefficient (Wildman–Crippen LogP) is 1.38. The van der Waals surface area contributed by atoms with Gasteiger partial charge in [0.1, 0.15) is 0 Å². The summed E-state index contributed by atoms with van der Waals surface area (Å²) in [4.78, 5) is 0.693. The van der Waals surface area contributed by atoms with Crippen molar-refractivity contribution in [3.8, 4) is 11.5 Å². The van der Waals surface area contributed by atoms with Crippen molar-refractivity contribution in [2.75, 3.05) is 20.0 Å². The Morgan fingerprint density at radius 1 is 1.20 bits per heavy atom. The molecule has 0 aliphatic rings. The number of ether oxygens (including phenoxy) is 2. The van der Waals surface area contributed by atoms with Crippen LogP contribution in [-0.2, 0) is 6.42 Å². The van der Waals surface area contributed by atoms with Crippen LogP contribution in [0.5, 0.6) is 11.5 Å². The van der Waals surface area contributed by atoms with Gasteiger partial charge in [0.2, 0.25) is 10.1 Å². The van der Waals surface area contributed by atoms with Gasteiger partial charge in [0, 0.05) is 6.42 Å². The fraction of sp³-hybridized carbons (Fsp3) is 0.250. The molecule has 2 aromatic heterocycles. The number of rotatable bonds is 4. The molecule has 0 unspecified atom stereocenters. The summed E-state index contributed by atoms with van der Waals surface area (Å²) in [5, 5.41) is 12.8. The molecule has 0 atom stereocenters. The Kier molecular flexibility index (Phi) is 3.15. The van der Waals surface area contributed by atoms with Crippen LogP contribution in [0.4, 0.5) is 5.13 Å². The van der Waals surface area contributed by atoms with E-state index in [0.717, 1.165) is 11.4 Å². The number of methoxy groups -OCH3 is 2. The number of hydrogen-bond donors (Lipinski definition) is 1. The monoisotopic (exact) mass is 291 g/mol. The van der Waals surface area contributed by atoms with Crippen molar-refractivity contribution in [2.45, 2.75) is 6.42 Å². The van der Waals surface area contributed by atoms with Crippen molar-refractivity contribution in [3.05, 3.63) is 29.6 Å². The van der Waals surface area contributed by atoms with Gasteiger partial charge in [-0.1, -0.05) is 17.4 Å². The van der Waals surface area contributed by atoms with Crippen LogP contribution >= 0.6 is 11.3 Å². The van der Waals surface area contributed by atoms with E-state index < -0.39 is 0 Å². The molecule has 0 saturated heterocycles. The lowest BCUT2D eigenvalue weighted by atomic mass is 10.1. The summed E-state index contributed by atoms with van der Waals surface area (Å²) < 4.78 is 12.2. The zero-order chi connectivity index (χ0) is 14.1. The maximum Gasteiger partial charge on any atom is 0.236 e. The third-order valence-electron chi connectivity index (χ3n) is 2.88. The van der Waals surface area contributed by atoms with Gasteiger partial charge in [0.25, 0.3) is 0 Å². The molecule has 0 saturated carbocycles. The number of nitrogens with two attached hydrogens (primary N) is 1. The minimum atomic E-state index is 0.475. The first-order valence-electron chi connectivity index (χ1n) is 5.88. The largest absolute Gasteiger partial charge is 0.493 e. The van der Waals surface area contributed by atoms with Crippen molar-refractivity contribution in [2.24, 2.45) is 0 Å². The molecule has 104 valence electrons. The van der Waals surface area contributed by atoms with Gasteiger partial charge in [0.05, 0.1) is 14.2 Å². The van der Waals surface area contributed by atoms with Crippen molar-refractivity contribution in [1.82, 2.24) is 19.8 Å². The van der Waals surface area contributed by atoms with E-state index in [1.807, 2.05) is 18.2 Å². The second kappa shape index (κ2) is 4.97. The Hall–Kier alpha value is -2.35. The molecule has 7 nitrogen and oxygen atoms in total. The number of aromatic nitrogens is 4. The number of nitrogens with zero attached hydrogens (tertiary/aromatic N) is 4. The minimum Gasteiger partial charge on any atom is -0.493 e. The molecule has 0 amide bonds. The van der Waals surface area contributed by atoms with Crippen LogP contribution in [0, 0.1) is 0 Å². The summed E-state index contributed by atoms with van der Waals surface area (Å²) in [6.45, 7) is 0. The molecular weight excluding hydrogens is 278 g/mol. The maximum absolute atomic E-state index is 5.66. The molecular formula is C12H13N5O2S. The van der Waals surface area contributed by atoms with Crippen molar-refractivity contribution in [1.29, 1.82) is 0 Å². The van der Waals surface area contributed by atoms with E-state index in [1.54, 1.807) is 18.7 Å². The Balaban J connectivity index is 1.94. The number of nitrogen functional groups attached to an aromatic ring is 1. The molecule has 0 radical (unpaired) electrons. The Morgan fingerprint density at radius 3 is 2.75 bits per heavy atom. The fourth-order valence-corrected chi connectivity index (χ4v) is 2.58. The summed E-state index contributed by atoms with van der Waals surface area (Å²) in [5.41, 5.74) is 6.69. The van der Waals surface area contributed by atoms with Crippen LogP contribution in [0.25, 0.3) is 4.96 Å². The lowest BCUT2D eigenvalue weighted by Gasteiger charge is -2.08. The van der Waals surface area contributed by atoms with Crippen LogP contribution in [0.15, 0.2) is 18.2 Å². The predicted molar refractivity (Wildman–Crippen MR) is 75.4 cm³/mol. The first-order valence-corrected chi connectivity index (χ1v) is 6.70. The van der Waals surface area contributed by atoms with Crippen LogP contribution in [-0.4, -0.2) is 34.0 Å². The quantitative estimate of drug-likeness (QED) is 0.781. The lowest BCUT2D eigenvalue weighted by Crippen LogP contribution is -1.99. The minimum absolute atomic E-state index is 0.475. The first-order chi connectivity index (χ1) is 9.71. The number of hydrogen-bond acceptors (Lipinski definition) is 7. The maximum atomic E-state index is 5.66. The third-order valence-corrected chi connectivity index (χ3v) is 3.61. The molecule has 2 N–H and O–H groups in total. The van der Waals surface area contributed by atoms with E-state index in [1.165, 1.54) is 11.3 Å². The van der Waals surface area contributed by atoms with Crippen LogP contribution in [0.3, 0.4) is 0 Å². The molecule has 0 spiro atoms. The normalized spacial score (nSPS) is 10.9. The highest BCUT2D eigenvalue weighted by Gasteiger charge is 2.12. The third kappa shape index (κ3) is 2.14. The van der Waals surface area contributed by atoms with Crippen LogP contribution in [0.2, 0.25) is 0 Å². The Bertz CT molecular complexity index is 751. The fourth-order valence-electron chi connectivity index (χ4n) is 1.96. The molecule has 0 fully saturated rings. The average Bonchev–Trinajstić information content (AvgIpc) is 2.99. The lowest BCUT2D eigenvalue weighted by molar-refractivity contribution is 0.354. The van der Waals surface area contributed by atoms with Gasteiger partial charge in [-0.2, -0.15) is 4.52 Å². The Labute approximate surface area is 119 Å². The summed E-state index contributed by atoms with van der Waals surface area (Å²) in [6.07, 6.45) is 0.588. The Morgan fingerprint density at radius 2 is 2.00 bits per heavy atom. The molecule has 3 aromatic rings. The number of benzene rings is 1. The highest BCUT2D eigenvalue weighted by molar-refractivity contribution is 7.20. The molecule has 20 heavy (non-hydrogen) atoms. The average molecular weight is 291 g/mol. The van der Waals surface area contributed by atoms with Gasteiger partial charge in [0.15, 0.2) is 17.3 Å². The van der Waals surface area contributed by atoms with Crippen molar-refractivity contribution < 1.29 is 9.47 Å². The van der Waals surface area contributed by atoms with E-state index in [2.05, 4.69) is 15.3 Å². The van der Waals surface area contributed by atoms with Gasteiger partial charge in [-0.15, -0.1) is 15.3 Å². The second-order valence-electron chi connectivity index (χ2n) is 4.12. The van der Waals surface area contributed by atoms with E-state index >= 15 is 0 Å². The highest BCUT2D eigenvalue weighted by Crippen LogP contribution is 2.28. The van der Waals surface area contributed by atoms with Gasteiger partial charge < -0.3 is 15.2 Å². The summed E-state index contributed by atoms with van der Waals surface area (Å²) >= 11 is 1.31. The SMILES string of the molecule is COc1ccc(Cc2nnc3sc(N)nn23)cc1OC. The van der Waals surface area contributed by atoms with Crippen LogP contribution < -0.4 is 15.2 Å². The van der Waals surface area contributed by atoms with Gasteiger partial charge in [-0.25, -0.2) is 0 Å². The second-order valence-corrected chi connectivity index (χ2v) is 5.10. The van der Waals surface area contributed by atoms with E-state index in [4.69, 9.17) is 15.2 Å². The smallest absolute Gasteiger partial charge is 0.236 e. The standard InChI is InChI=1S/C12H13N5O2S/c1-18-8-4-3-7(5-9(8)19-2)6-10-14-15-12-17(10)16-11(13)20-12/h3-5H,6H2,1-2H3,(H2,13,16). The molecule has 0 aliphatic carbocycles. The topological polar surface area (TPSA) is 87.6 Å². The molecule has 0 bridgehead atoms. The summed E-state index contributed by atoms with van der Waals surface area (Å²) in [6, 6.07) is 5.73. The summed E-state index contributed by atoms with van der Waals surface area (Å²) in [7, 11) is 3.22. The van der Waals surface area contributed by atoms with Gasteiger partial charge >= 0.3 is 0 Å². The number of anilines is 1.